The van der Waals surface area contributed by atoms with E-state index in [0.717, 1.165) is 17.0 Å². The Bertz CT molecular complexity index is 445. The molecule has 1 saturated carbocycles. The third-order valence-electron chi connectivity index (χ3n) is 5.43. The van der Waals surface area contributed by atoms with Crippen LogP contribution in [0, 0.1) is 5.92 Å². The molecule has 1 aliphatic heterocycles. The van der Waals surface area contributed by atoms with Crippen LogP contribution < -0.4 is 5.32 Å². The van der Waals surface area contributed by atoms with Gasteiger partial charge in [0, 0.05) is 23.7 Å². The highest BCUT2D eigenvalue weighted by Gasteiger charge is 2.34. The topological polar surface area (TPSA) is 15.3 Å². The van der Waals surface area contributed by atoms with Gasteiger partial charge in [-0.2, -0.15) is 0 Å². The molecule has 0 radical (unpaired) electrons. The van der Waals surface area contributed by atoms with Gasteiger partial charge in [-0.15, -0.1) is 0 Å². The summed E-state index contributed by atoms with van der Waals surface area (Å²) in [5.74, 6) is 0.988. The molecular weight excluding hydrogens is 280 g/mol. The van der Waals surface area contributed by atoms with Gasteiger partial charge in [0.05, 0.1) is 0 Å². The molecule has 3 heteroatoms. The van der Waals surface area contributed by atoms with Gasteiger partial charge in [0.15, 0.2) is 0 Å². The van der Waals surface area contributed by atoms with Crippen molar-refractivity contribution in [3.63, 3.8) is 0 Å². The first kappa shape index (κ1) is 15.3. The predicted octanol–water partition coefficient (Wildman–Crippen LogP) is 4.26. The lowest BCUT2D eigenvalue weighted by atomic mass is 9.91. The number of hydrogen-bond acceptors (Lipinski definition) is 2. The zero-order valence-electron chi connectivity index (χ0n) is 13.0. The Kier molecular flexibility index (Phi) is 5.20. The summed E-state index contributed by atoms with van der Waals surface area (Å²) in [7, 11) is 2.06. The van der Waals surface area contributed by atoms with Crippen LogP contribution in [0.15, 0.2) is 24.3 Å². The molecule has 21 heavy (non-hydrogen) atoms. The normalized spacial score (nSPS) is 27.5. The molecule has 0 spiro atoms. The predicted molar refractivity (Wildman–Crippen MR) is 89.8 cm³/mol. The first-order valence-electron chi connectivity index (χ1n) is 8.44. The summed E-state index contributed by atoms with van der Waals surface area (Å²) in [5.41, 5.74) is 1.35. The highest BCUT2D eigenvalue weighted by molar-refractivity contribution is 6.30. The highest BCUT2D eigenvalue weighted by Crippen LogP contribution is 2.37. The number of fused-ring (bicyclic) bond motifs is 1. The van der Waals surface area contributed by atoms with E-state index in [4.69, 9.17) is 11.6 Å². The minimum atomic E-state index is 0.434. The maximum atomic E-state index is 5.99. The fraction of sp³-hybridized carbons (Fsp3) is 0.667. The molecule has 1 aromatic carbocycles. The molecule has 1 N–H and O–H groups in total. The van der Waals surface area contributed by atoms with Crippen LogP contribution in [0.1, 0.15) is 50.1 Å². The van der Waals surface area contributed by atoms with Gasteiger partial charge in [-0.05, 0) is 69.3 Å². The molecule has 2 fully saturated rings. The van der Waals surface area contributed by atoms with Crippen molar-refractivity contribution in [3.8, 4) is 0 Å². The van der Waals surface area contributed by atoms with Crippen molar-refractivity contribution in [3.05, 3.63) is 34.9 Å². The number of rotatable bonds is 5. The molecule has 3 rings (SSSR count). The van der Waals surface area contributed by atoms with E-state index in [1.807, 2.05) is 12.1 Å². The summed E-state index contributed by atoms with van der Waals surface area (Å²) in [6.07, 6.45) is 8.38. The van der Waals surface area contributed by atoms with Gasteiger partial charge in [0.25, 0.3) is 0 Å². The van der Waals surface area contributed by atoms with E-state index >= 15 is 0 Å². The van der Waals surface area contributed by atoms with Crippen LogP contribution in [-0.4, -0.2) is 31.1 Å². The van der Waals surface area contributed by atoms with Crippen molar-refractivity contribution in [2.24, 2.45) is 5.92 Å². The maximum absolute atomic E-state index is 5.99. The summed E-state index contributed by atoms with van der Waals surface area (Å²) in [6, 6.07) is 9.60. The first-order chi connectivity index (χ1) is 10.3. The van der Waals surface area contributed by atoms with Crippen LogP contribution in [0.5, 0.6) is 0 Å². The Morgan fingerprint density at radius 1 is 1.19 bits per heavy atom. The fourth-order valence-electron chi connectivity index (χ4n) is 4.30. The monoisotopic (exact) mass is 306 g/mol. The number of nitrogens with zero attached hydrogens (tertiary/aromatic N) is 1. The molecule has 116 valence electrons. The third kappa shape index (κ3) is 3.61. The van der Waals surface area contributed by atoms with E-state index in [9.17, 15) is 0 Å². The average Bonchev–Trinajstić information content (AvgIpc) is 2.99. The van der Waals surface area contributed by atoms with Crippen molar-refractivity contribution in [1.29, 1.82) is 0 Å². The SMILES string of the molecule is CNC(CCN1CCCC2CCCC21)c1ccc(Cl)cc1. The molecule has 3 atom stereocenters. The second kappa shape index (κ2) is 7.13. The van der Waals surface area contributed by atoms with Gasteiger partial charge in [0.2, 0.25) is 0 Å². The third-order valence-corrected chi connectivity index (χ3v) is 5.69. The second-order valence-corrected chi connectivity index (χ2v) is 7.05. The Hall–Kier alpha value is -0.570. The van der Waals surface area contributed by atoms with Gasteiger partial charge < -0.3 is 10.2 Å². The lowest BCUT2D eigenvalue weighted by molar-refractivity contribution is 0.108. The van der Waals surface area contributed by atoms with Gasteiger partial charge in [-0.3, -0.25) is 0 Å². The number of nitrogens with one attached hydrogen (secondary N) is 1. The molecule has 0 amide bonds. The number of halogens is 1. The van der Waals surface area contributed by atoms with Crippen molar-refractivity contribution in [2.75, 3.05) is 20.1 Å². The summed E-state index contributed by atoms with van der Waals surface area (Å²) >= 11 is 5.99. The highest BCUT2D eigenvalue weighted by atomic mass is 35.5. The molecule has 1 aromatic rings. The lowest BCUT2D eigenvalue weighted by Gasteiger charge is -2.38. The summed E-state index contributed by atoms with van der Waals surface area (Å²) in [4.78, 5) is 2.77. The van der Waals surface area contributed by atoms with Crippen molar-refractivity contribution >= 4 is 11.6 Å². The van der Waals surface area contributed by atoms with Gasteiger partial charge in [-0.1, -0.05) is 30.2 Å². The van der Waals surface area contributed by atoms with Crippen LogP contribution in [0.4, 0.5) is 0 Å². The molecule has 1 aliphatic carbocycles. The first-order valence-corrected chi connectivity index (χ1v) is 8.82. The van der Waals surface area contributed by atoms with Crippen molar-refractivity contribution < 1.29 is 0 Å². The molecule has 2 nitrogen and oxygen atoms in total. The average molecular weight is 307 g/mol. The maximum Gasteiger partial charge on any atom is 0.0406 e. The second-order valence-electron chi connectivity index (χ2n) is 6.62. The molecule has 1 heterocycles. The van der Waals surface area contributed by atoms with Crippen LogP contribution >= 0.6 is 11.6 Å². The van der Waals surface area contributed by atoms with E-state index < -0.39 is 0 Å². The molecule has 0 aromatic heterocycles. The number of benzene rings is 1. The number of piperidine rings is 1. The lowest BCUT2D eigenvalue weighted by Crippen LogP contribution is -2.43. The number of likely N-dealkylation sites (tertiary alicyclic amines) is 1. The Balaban J connectivity index is 1.58. The Morgan fingerprint density at radius 3 is 2.71 bits per heavy atom. The summed E-state index contributed by atoms with van der Waals surface area (Å²) < 4.78 is 0. The minimum Gasteiger partial charge on any atom is -0.313 e. The summed E-state index contributed by atoms with van der Waals surface area (Å²) in [6.45, 7) is 2.52. The fourth-order valence-corrected chi connectivity index (χ4v) is 4.43. The van der Waals surface area contributed by atoms with Crippen LogP contribution in [-0.2, 0) is 0 Å². The Labute approximate surface area is 133 Å². The van der Waals surface area contributed by atoms with E-state index in [-0.39, 0.29) is 0 Å². The van der Waals surface area contributed by atoms with Crippen molar-refractivity contribution in [1.82, 2.24) is 10.2 Å². The molecule has 1 saturated heterocycles. The molecule has 3 unspecified atom stereocenters. The Morgan fingerprint density at radius 2 is 1.95 bits per heavy atom. The van der Waals surface area contributed by atoms with Gasteiger partial charge >= 0.3 is 0 Å². The van der Waals surface area contributed by atoms with Gasteiger partial charge in [0.1, 0.15) is 0 Å². The smallest absolute Gasteiger partial charge is 0.0406 e. The standard InChI is InChI=1S/C18H27ClN2/c1-20-17(14-7-9-16(19)10-8-14)11-13-21-12-3-5-15-4-2-6-18(15)21/h7-10,15,17-18,20H,2-6,11-13H2,1H3. The van der Waals surface area contributed by atoms with Crippen molar-refractivity contribution in [2.45, 2.75) is 50.6 Å². The zero-order chi connectivity index (χ0) is 14.7. The van der Waals surface area contributed by atoms with Crippen LogP contribution in [0.2, 0.25) is 5.02 Å². The largest absolute Gasteiger partial charge is 0.313 e. The van der Waals surface area contributed by atoms with E-state index in [1.54, 1.807) is 0 Å². The van der Waals surface area contributed by atoms with E-state index in [2.05, 4.69) is 29.4 Å². The van der Waals surface area contributed by atoms with Gasteiger partial charge in [-0.25, -0.2) is 0 Å². The number of hydrogen-bond donors (Lipinski definition) is 1. The van der Waals surface area contributed by atoms with Crippen LogP contribution in [0.25, 0.3) is 0 Å². The zero-order valence-corrected chi connectivity index (χ0v) is 13.8. The van der Waals surface area contributed by atoms with E-state index in [1.165, 1.54) is 57.2 Å². The quantitative estimate of drug-likeness (QED) is 0.874. The molecular formula is C18H27ClN2. The molecule has 0 bridgehead atoms. The van der Waals surface area contributed by atoms with Crippen LogP contribution in [0.3, 0.4) is 0 Å². The molecule has 2 aliphatic rings. The summed E-state index contributed by atoms with van der Waals surface area (Å²) in [5, 5.41) is 4.29. The van der Waals surface area contributed by atoms with E-state index in [0.29, 0.717) is 6.04 Å². The minimum absolute atomic E-state index is 0.434.